The van der Waals surface area contributed by atoms with Crippen molar-refractivity contribution in [3.63, 3.8) is 0 Å². The van der Waals surface area contributed by atoms with Crippen molar-refractivity contribution in [3.8, 4) is 0 Å². The highest BCUT2D eigenvalue weighted by atomic mass is 32.2. The number of amides is 1. The largest absolute Gasteiger partial charge is 0.395 e. The maximum absolute atomic E-state index is 11.9. The molecule has 0 unspecified atom stereocenters. The second-order valence-electron chi connectivity index (χ2n) is 4.46. The summed E-state index contributed by atoms with van der Waals surface area (Å²) in [4.78, 5) is 13.1. The van der Waals surface area contributed by atoms with Gasteiger partial charge in [0, 0.05) is 11.4 Å². The maximum atomic E-state index is 11.9. The molecule has 1 aliphatic heterocycles. The molecule has 1 aromatic rings. The van der Waals surface area contributed by atoms with E-state index in [0.717, 1.165) is 5.56 Å². The van der Waals surface area contributed by atoms with Crippen LogP contribution in [0, 0.1) is 5.41 Å². The maximum Gasteiger partial charge on any atom is 0.233 e. The Labute approximate surface area is 111 Å². The van der Waals surface area contributed by atoms with Gasteiger partial charge in [-0.3, -0.25) is 4.79 Å². The number of aliphatic hydroxyl groups excluding tert-OH is 1. The van der Waals surface area contributed by atoms with Crippen molar-refractivity contribution in [1.29, 1.82) is 0 Å². The third kappa shape index (κ3) is 2.68. The Morgan fingerprint density at radius 3 is 2.56 bits per heavy atom. The van der Waals surface area contributed by atoms with E-state index in [2.05, 4.69) is 5.32 Å². The molecule has 2 N–H and O–H groups in total. The smallest absolute Gasteiger partial charge is 0.233 e. The van der Waals surface area contributed by atoms with Gasteiger partial charge in [-0.2, -0.15) is 0 Å². The first kappa shape index (κ1) is 13.4. The monoisotopic (exact) mass is 267 g/mol. The van der Waals surface area contributed by atoms with Crippen LogP contribution in [0.15, 0.2) is 29.2 Å². The molecule has 0 spiro atoms. The van der Waals surface area contributed by atoms with Gasteiger partial charge < -0.3 is 15.2 Å². The highest BCUT2D eigenvalue weighted by Gasteiger charge is 2.45. The predicted molar refractivity (Wildman–Crippen MR) is 70.4 cm³/mol. The molecule has 1 aromatic carbocycles. The number of nitrogens with one attached hydrogen (secondary N) is 1. The van der Waals surface area contributed by atoms with Gasteiger partial charge in [0.05, 0.1) is 19.8 Å². The fourth-order valence-electron chi connectivity index (χ4n) is 1.76. The van der Waals surface area contributed by atoms with Crippen LogP contribution >= 0.6 is 11.8 Å². The first-order valence-corrected chi connectivity index (χ1v) is 7.02. The van der Waals surface area contributed by atoms with E-state index >= 15 is 0 Å². The fourth-order valence-corrected chi connectivity index (χ4v) is 2.16. The van der Waals surface area contributed by atoms with Gasteiger partial charge in [0.1, 0.15) is 5.41 Å². The van der Waals surface area contributed by atoms with E-state index in [4.69, 9.17) is 4.74 Å². The van der Waals surface area contributed by atoms with Crippen LogP contribution < -0.4 is 5.32 Å². The Bertz CT molecular complexity index is 409. The number of hydrogen-bond acceptors (Lipinski definition) is 4. The summed E-state index contributed by atoms with van der Waals surface area (Å²) in [7, 11) is 0. The van der Waals surface area contributed by atoms with E-state index in [1.807, 2.05) is 30.5 Å². The second-order valence-corrected chi connectivity index (χ2v) is 5.34. The van der Waals surface area contributed by atoms with Crippen LogP contribution in [0.25, 0.3) is 0 Å². The number of ether oxygens (including phenoxy) is 1. The highest BCUT2D eigenvalue weighted by molar-refractivity contribution is 7.98. The Morgan fingerprint density at radius 2 is 2.11 bits per heavy atom. The normalized spacial score (nSPS) is 17.0. The third-order valence-electron chi connectivity index (χ3n) is 3.15. The van der Waals surface area contributed by atoms with Gasteiger partial charge in [-0.25, -0.2) is 0 Å². The van der Waals surface area contributed by atoms with Crippen molar-refractivity contribution in [2.24, 2.45) is 5.41 Å². The third-order valence-corrected chi connectivity index (χ3v) is 3.90. The fraction of sp³-hybridized carbons (Fsp3) is 0.462. The lowest BCUT2D eigenvalue weighted by molar-refractivity contribution is -0.170. The van der Waals surface area contributed by atoms with Gasteiger partial charge in [-0.15, -0.1) is 11.8 Å². The van der Waals surface area contributed by atoms with Crippen LogP contribution in [-0.2, 0) is 16.1 Å². The summed E-state index contributed by atoms with van der Waals surface area (Å²) in [5.74, 6) is -0.134. The van der Waals surface area contributed by atoms with Crippen LogP contribution in [0.3, 0.4) is 0 Å². The molecule has 5 heteroatoms. The molecule has 1 amide bonds. The Kier molecular flexibility index (Phi) is 4.27. The molecule has 0 aliphatic carbocycles. The summed E-state index contributed by atoms with van der Waals surface area (Å²) in [6.07, 6.45) is 2.03. The van der Waals surface area contributed by atoms with Crippen LogP contribution in [0.4, 0.5) is 0 Å². The molecule has 1 heterocycles. The molecule has 0 aromatic heterocycles. The molecule has 0 atom stereocenters. The van der Waals surface area contributed by atoms with Gasteiger partial charge in [-0.1, -0.05) is 12.1 Å². The predicted octanol–water partition coefficient (Wildman–Crippen LogP) is 1.03. The first-order chi connectivity index (χ1) is 8.70. The minimum Gasteiger partial charge on any atom is -0.395 e. The zero-order valence-corrected chi connectivity index (χ0v) is 11.1. The Balaban J connectivity index is 1.88. The lowest BCUT2D eigenvalue weighted by Gasteiger charge is -2.38. The van der Waals surface area contributed by atoms with Gasteiger partial charge in [0.2, 0.25) is 5.91 Å². The van der Waals surface area contributed by atoms with E-state index in [0.29, 0.717) is 19.8 Å². The Hall–Kier alpha value is -1.04. The molecule has 0 saturated carbocycles. The van der Waals surface area contributed by atoms with Crippen LogP contribution in [-0.4, -0.2) is 37.1 Å². The van der Waals surface area contributed by atoms with E-state index in [1.165, 1.54) is 4.90 Å². The van der Waals surface area contributed by atoms with Crippen LogP contribution in [0.5, 0.6) is 0 Å². The molecule has 0 radical (unpaired) electrons. The summed E-state index contributed by atoms with van der Waals surface area (Å²) >= 11 is 1.69. The van der Waals surface area contributed by atoms with Crippen molar-refractivity contribution in [3.05, 3.63) is 29.8 Å². The highest BCUT2D eigenvalue weighted by Crippen LogP contribution is 2.27. The second kappa shape index (κ2) is 5.73. The topological polar surface area (TPSA) is 58.6 Å². The van der Waals surface area contributed by atoms with Crippen LogP contribution in [0.1, 0.15) is 5.56 Å². The number of thioether (sulfide) groups is 1. The van der Waals surface area contributed by atoms with E-state index < -0.39 is 5.41 Å². The molecule has 1 saturated heterocycles. The minimum absolute atomic E-state index is 0.134. The van der Waals surface area contributed by atoms with Gasteiger partial charge in [-0.05, 0) is 24.0 Å². The van der Waals surface area contributed by atoms with E-state index in [1.54, 1.807) is 11.8 Å². The molecule has 1 aliphatic rings. The van der Waals surface area contributed by atoms with Crippen molar-refractivity contribution >= 4 is 17.7 Å². The number of benzene rings is 1. The molecular formula is C13H17NO3S. The Morgan fingerprint density at radius 1 is 1.44 bits per heavy atom. The van der Waals surface area contributed by atoms with Crippen molar-refractivity contribution in [2.45, 2.75) is 11.4 Å². The molecule has 4 nitrogen and oxygen atoms in total. The molecule has 18 heavy (non-hydrogen) atoms. The molecular weight excluding hydrogens is 250 g/mol. The SMILES string of the molecule is CSc1ccc(CNC(=O)C2(CO)COC2)cc1. The zero-order valence-electron chi connectivity index (χ0n) is 10.3. The van der Waals surface area contributed by atoms with Gasteiger partial charge in [0.15, 0.2) is 0 Å². The quantitative estimate of drug-likeness (QED) is 0.783. The summed E-state index contributed by atoms with van der Waals surface area (Å²) in [5, 5.41) is 12.1. The number of carbonyl (C=O) groups excluding carboxylic acids is 1. The molecule has 1 fully saturated rings. The average Bonchev–Trinajstić information content (AvgIpc) is 2.36. The summed E-state index contributed by atoms with van der Waals surface area (Å²) in [6, 6.07) is 8.05. The summed E-state index contributed by atoms with van der Waals surface area (Å²) in [5.41, 5.74) is 0.327. The van der Waals surface area contributed by atoms with Crippen molar-refractivity contribution in [2.75, 3.05) is 26.1 Å². The minimum atomic E-state index is -0.723. The lowest BCUT2D eigenvalue weighted by Crippen LogP contribution is -2.56. The average molecular weight is 267 g/mol. The van der Waals surface area contributed by atoms with E-state index in [9.17, 15) is 9.90 Å². The lowest BCUT2D eigenvalue weighted by atomic mass is 9.86. The number of aliphatic hydroxyl groups is 1. The zero-order chi connectivity index (χ0) is 13.0. The molecule has 0 bridgehead atoms. The summed E-state index contributed by atoms with van der Waals surface area (Å²) in [6.45, 7) is 0.932. The number of hydrogen-bond donors (Lipinski definition) is 2. The van der Waals surface area contributed by atoms with Gasteiger partial charge >= 0.3 is 0 Å². The standard InChI is InChI=1S/C13H17NO3S/c1-18-11-4-2-10(3-5-11)6-14-12(16)13(7-15)8-17-9-13/h2-5,15H,6-9H2,1H3,(H,14,16). The van der Waals surface area contributed by atoms with Crippen molar-refractivity contribution in [1.82, 2.24) is 5.32 Å². The van der Waals surface area contributed by atoms with Gasteiger partial charge in [0.25, 0.3) is 0 Å². The molecule has 2 rings (SSSR count). The van der Waals surface area contributed by atoms with Crippen LogP contribution in [0.2, 0.25) is 0 Å². The first-order valence-electron chi connectivity index (χ1n) is 5.80. The van der Waals surface area contributed by atoms with Crippen molar-refractivity contribution < 1.29 is 14.6 Å². The summed E-state index contributed by atoms with van der Waals surface area (Å²) < 4.78 is 5.01. The number of carbonyl (C=O) groups is 1. The van der Waals surface area contributed by atoms with E-state index in [-0.39, 0.29) is 12.5 Å². The molecule has 98 valence electrons. The number of rotatable bonds is 5.